The molecule has 0 fully saturated rings. The second kappa shape index (κ2) is 2.74. The molecule has 0 aromatic carbocycles. The summed E-state index contributed by atoms with van der Waals surface area (Å²) in [6.07, 6.45) is -0.193. The molecule has 6 heteroatoms. The number of rotatable bonds is 0. The van der Waals surface area contributed by atoms with Gasteiger partial charge in [-0.25, -0.2) is 4.98 Å². The molecule has 70 valence electrons. The zero-order chi connectivity index (χ0) is 9.42. The quantitative estimate of drug-likeness (QED) is 0.420. The van der Waals surface area contributed by atoms with Gasteiger partial charge in [-0.2, -0.15) is 0 Å². The zero-order valence-electron chi connectivity index (χ0n) is 7.22. The summed E-state index contributed by atoms with van der Waals surface area (Å²) < 4.78 is 0. The van der Waals surface area contributed by atoms with Crippen LogP contribution in [-0.2, 0) is 0 Å². The predicted molar refractivity (Wildman–Crippen MR) is 49.7 cm³/mol. The molecule has 6 nitrogen and oxygen atoms in total. The van der Waals surface area contributed by atoms with E-state index in [4.69, 9.17) is 5.73 Å². The number of hydrogen-bond acceptors (Lipinski definition) is 5. The van der Waals surface area contributed by atoms with Crippen molar-refractivity contribution in [1.82, 2.24) is 9.97 Å². The van der Waals surface area contributed by atoms with Crippen molar-refractivity contribution in [3.8, 4) is 0 Å². The van der Waals surface area contributed by atoms with Crippen molar-refractivity contribution >= 4 is 11.5 Å². The van der Waals surface area contributed by atoms with Crippen molar-refractivity contribution in [2.24, 2.45) is 5.73 Å². The monoisotopic (exact) mass is 181 g/mol. The number of fused-ring (bicyclic) bond motifs is 1. The lowest BCUT2D eigenvalue weighted by molar-refractivity contribution is 0.763. The average Bonchev–Trinajstić information content (AvgIpc) is 2.02. The minimum atomic E-state index is -0.193. The molecule has 0 unspecified atom stereocenters. The summed E-state index contributed by atoms with van der Waals surface area (Å²) in [4.78, 5) is 18.1. The Kier molecular flexibility index (Phi) is 1.70. The number of aromatic nitrogens is 2. The Morgan fingerprint density at radius 2 is 2.38 bits per heavy atom. The lowest BCUT2D eigenvalue weighted by atomic mass is 10.3. The van der Waals surface area contributed by atoms with Crippen molar-refractivity contribution < 1.29 is 0 Å². The third-order valence-corrected chi connectivity index (χ3v) is 1.86. The van der Waals surface area contributed by atoms with Crippen LogP contribution in [0.4, 0.5) is 11.5 Å². The van der Waals surface area contributed by atoms with Gasteiger partial charge in [-0.1, -0.05) is 0 Å². The summed E-state index contributed by atoms with van der Waals surface area (Å²) in [7, 11) is 0. The second-order valence-electron chi connectivity index (χ2n) is 3.01. The molecule has 0 amide bonds. The molecule has 0 bridgehead atoms. The molecule has 1 aromatic heterocycles. The molecule has 2 rings (SSSR count). The van der Waals surface area contributed by atoms with E-state index in [2.05, 4.69) is 20.6 Å². The van der Waals surface area contributed by atoms with Crippen LogP contribution in [0.3, 0.4) is 0 Å². The summed E-state index contributed by atoms with van der Waals surface area (Å²) in [5.74, 6) is 1.10. The number of nitrogens with two attached hydrogens (primary N) is 1. The van der Waals surface area contributed by atoms with Gasteiger partial charge in [-0.05, 0) is 6.92 Å². The molecule has 0 saturated carbocycles. The maximum atomic E-state index is 11.4. The van der Waals surface area contributed by atoms with Gasteiger partial charge < -0.3 is 21.4 Å². The van der Waals surface area contributed by atoms with E-state index in [9.17, 15) is 4.79 Å². The average molecular weight is 181 g/mol. The van der Waals surface area contributed by atoms with Crippen LogP contribution in [0.25, 0.3) is 0 Å². The largest absolute Gasteiger partial charge is 0.374 e. The number of H-pyrrole nitrogens is 1. The Morgan fingerprint density at radius 3 is 3.15 bits per heavy atom. The molecule has 0 aliphatic carbocycles. The first-order chi connectivity index (χ1) is 6.16. The minimum absolute atomic E-state index is 0.165. The molecule has 1 aliphatic heterocycles. The van der Waals surface area contributed by atoms with E-state index >= 15 is 0 Å². The van der Waals surface area contributed by atoms with Crippen molar-refractivity contribution in [1.29, 1.82) is 0 Å². The number of hydrogen-bond donors (Lipinski definition) is 4. The van der Waals surface area contributed by atoms with Crippen LogP contribution in [0.1, 0.15) is 5.82 Å². The molecule has 1 aliphatic rings. The number of aromatic amines is 1. The summed E-state index contributed by atoms with van der Waals surface area (Å²) in [6, 6.07) is 0. The molecule has 1 aromatic rings. The topological polar surface area (TPSA) is 95.8 Å². The Labute approximate surface area is 74.6 Å². The van der Waals surface area contributed by atoms with Crippen LogP contribution < -0.4 is 21.9 Å². The number of aryl methyl sites for hydroxylation is 1. The molecule has 1 atom stereocenters. The van der Waals surface area contributed by atoms with Crippen LogP contribution >= 0.6 is 0 Å². The Balaban J connectivity index is 2.53. The molecule has 0 radical (unpaired) electrons. The van der Waals surface area contributed by atoms with Crippen molar-refractivity contribution in [2.75, 3.05) is 17.2 Å². The maximum Gasteiger partial charge on any atom is 0.276 e. The summed E-state index contributed by atoms with van der Waals surface area (Å²) >= 11 is 0. The van der Waals surface area contributed by atoms with Crippen LogP contribution in [-0.4, -0.2) is 22.7 Å². The molecule has 13 heavy (non-hydrogen) atoms. The van der Waals surface area contributed by atoms with E-state index in [0.717, 1.165) is 0 Å². The van der Waals surface area contributed by atoms with Gasteiger partial charge in [0.25, 0.3) is 5.56 Å². The predicted octanol–water partition coefficient (Wildman–Crippen LogP) is -0.799. The SMILES string of the molecule is Cc1nc2c(c(=O)[nH]1)NC[C@@H](N)N2. The highest BCUT2D eigenvalue weighted by Crippen LogP contribution is 2.16. The van der Waals surface area contributed by atoms with Gasteiger partial charge in [-0.15, -0.1) is 0 Å². The molecule has 2 heterocycles. The van der Waals surface area contributed by atoms with E-state index in [-0.39, 0.29) is 11.7 Å². The highest BCUT2D eigenvalue weighted by Gasteiger charge is 2.17. The zero-order valence-corrected chi connectivity index (χ0v) is 7.22. The third kappa shape index (κ3) is 1.35. The van der Waals surface area contributed by atoms with Gasteiger partial charge in [-0.3, -0.25) is 4.79 Å². The van der Waals surface area contributed by atoms with Crippen LogP contribution in [0, 0.1) is 6.92 Å². The molecule has 0 saturated heterocycles. The fourth-order valence-corrected chi connectivity index (χ4v) is 1.29. The molecule has 5 N–H and O–H groups in total. The van der Waals surface area contributed by atoms with Gasteiger partial charge in [0.15, 0.2) is 5.82 Å². The van der Waals surface area contributed by atoms with Crippen LogP contribution in [0.15, 0.2) is 4.79 Å². The standard InChI is InChI=1S/C7H11N5O/c1-3-10-6-5(7(13)11-3)9-2-4(8)12-6/h4,9H,2,8H2,1H3,(H2,10,11,12,13)/t4-/m0/s1. The Morgan fingerprint density at radius 1 is 1.62 bits per heavy atom. The van der Waals surface area contributed by atoms with Gasteiger partial charge in [0.05, 0.1) is 6.17 Å². The normalized spacial score (nSPS) is 20.0. The number of nitrogens with zero attached hydrogens (tertiary/aromatic N) is 1. The fourth-order valence-electron chi connectivity index (χ4n) is 1.29. The summed E-state index contributed by atoms with van der Waals surface area (Å²) in [6.45, 7) is 2.25. The van der Waals surface area contributed by atoms with E-state index < -0.39 is 0 Å². The van der Waals surface area contributed by atoms with Crippen LogP contribution in [0.2, 0.25) is 0 Å². The Hall–Kier alpha value is -1.56. The lowest BCUT2D eigenvalue weighted by Crippen LogP contribution is -2.42. The van der Waals surface area contributed by atoms with E-state index in [0.29, 0.717) is 23.9 Å². The molecular formula is C7H11N5O. The highest BCUT2D eigenvalue weighted by atomic mass is 16.1. The van der Waals surface area contributed by atoms with Gasteiger partial charge in [0.1, 0.15) is 11.5 Å². The number of anilines is 2. The van der Waals surface area contributed by atoms with E-state index in [1.165, 1.54) is 0 Å². The number of nitrogens with one attached hydrogen (secondary N) is 3. The first-order valence-corrected chi connectivity index (χ1v) is 4.04. The third-order valence-electron chi connectivity index (χ3n) is 1.86. The molecule has 0 spiro atoms. The van der Waals surface area contributed by atoms with Crippen molar-refractivity contribution in [3.63, 3.8) is 0 Å². The van der Waals surface area contributed by atoms with Crippen molar-refractivity contribution in [3.05, 3.63) is 16.2 Å². The maximum absolute atomic E-state index is 11.4. The highest BCUT2D eigenvalue weighted by molar-refractivity contribution is 5.65. The lowest BCUT2D eigenvalue weighted by Gasteiger charge is -2.23. The van der Waals surface area contributed by atoms with Crippen molar-refractivity contribution in [2.45, 2.75) is 13.1 Å². The summed E-state index contributed by atoms with van der Waals surface area (Å²) in [5, 5.41) is 5.84. The first kappa shape index (κ1) is 8.06. The Bertz CT molecular complexity index is 385. The smallest absolute Gasteiger partial charge is 0.276 e. The summed E-state index contributed by atoms with van der Waals surface area (Å²) in [5.41, 5.74) is 5.92. The minimum Gasteiger partial charge on any atom is -0.374 e. The molecular weight excluding hydrogens is 170 g/mol. The van der Waals surface area contributed by atoms with E-state index in [1.807, 2.05) is 0 Å². The fraction of sp³-hybridized carbons (Fsp3) is 0.429. The second-order valence-corrected chi connectivity index (χ2v) is 3.01. The van der Waals surface area contributed by atoms with Gasteiger partial charge in [0.2, 0.25) is 0 Å². The van der Waals surface area contributed by atoms with Crippen LogP contribution in [0.5, 0.6) is 0 Å². The van der Waals surface area contributed by atoms with E-state index in [1.54, 1.807) is 6.92 Å². The van der Waals surface area contributed by atoms with Gasteiger partial charge in [0, 0.05) is 6.54 Å². The first-order valence-electron chi connectivity index (χ1n) is 4.04. The van der Waals surface area contributed by atoms with Gasteiger partial charge >= 0.3 is 0 Å².